The third-order valence-corrected chi connectivity index (χ3v) is 5.05. The molecule has 0 atom stereocenters. The maximum absolute atomic E-state index is 12.9. The molecule has 2 aromatic carbocycles. The van der Waals surface area contributed by atoms with E-state index in [0.29, 0.717) is 0 Å². The van der Waals surface area contributed by atoms with Crippen molar-refractivity contribution in [2.24, 2.45) is 0 Å². The molecule has 0 radical (unpaired) electrons. The lowest BCUT2D eigenvalue weighted by Crippen LogP contribution is -2.54. The molecule has 4 heteroatoms. The predicted octanol–water partition coefficient (Wildman–Crippen LogP) is 3.92. The number of ether oxygens (including phenoxy) is 1. The summed E-state index contributed by atoms with van der Waals surface area (Å²) in [6.45, 7) is 10.1. The lowest BCUT2D eigenvalue weighted by Gasteiger charge is -2.42. The van der Waals surface area contributed by atoms with Crippen LogP contribution in [0.1, 0.15) is 31.1 Å². The van der Waals surface area contributed by atoms with Gasteiger partial charge in [-0.05, 0) is 56.2 Å². The Kier molecular flexibility index (Phi) is 5.33. The molecular formula is C22H28N2O2. The zero-order chi connectivity index (χ0) is 18.7. The second kappa shape index (κ2) is 7.50. The van der Waals surface area contributed by atoms with Crippen molar-refractivity contribution in [2.75, 3.05) is 33.3 Å². The van der Waals surface area contributed by atoms with Gasteiger partial charge in [0.15, 0.2) is 0 Å². The summed E-state index contributed by atoms with van der Waals surface area (Å²) in [7, 11) is 1.66. The summed E-state index contributed by atoms with van der Waals surface area (Å²) in [4.78, 5) is 17.3. The topological polar surface area (TPSA) is 32.8 Å². The zero-order valence-electron chi connectivity index (χ0n) is 16.2. The van der Waals surface area contributed by atoms with Gasteiger partial charge in [-0.15, -0.1) is 0 Å². The molecule has 0 N–H and O–H groups in total. The minimum atomic E-state index is 0.119. The molecule has 1 amide bonds. The molecule has 3 rings (SSSR count). The standard InChI is InChI=1S/C22H28N2O2/c1-22(2,3)24-14-12-23(13-15-24)21(25)19-7-5-6-18(16-19)17-8-10-20(26-4)11-9-17/h5-11,16H,12-15H2,1-4H3. The van der Waals surface area contributed by atoms with Crippen molar-refractivity contribution in [3.05, 3.63) is 54.1 Å². The van der Waals surface area contributed by atoms with Gasteiger partial charge in [0, 0.05) is 37.3 Å². The number of piperazine rings is 1. The third kappa shape index (κ3) is 4.07. The Morgan fingerprint density at radius 2 is 1.58 bits per heavy atom. The van der Waals surface area contributed by atoms with E-state index >= 15 is 0 Å². The van der Waals surface area contributed by atoms with E-state index in [9.17, 15) is 4.79 Å². The quantitative estimate of drug-likeness (QED) is 0.839. The van der Waals surface area contributed by atoms with Crippen LogP contribution in [-0.2, 0) is 0 Å². The third-order valence-electron chi connectivity index (χ3n) is 5.05. The van der Waals surface area contributed by atoms with Crippen molar-refractivity contribution < 1.29 is 9.53 Å². The predicted molar refractivity (Wildman–Crippen MR) is 106 cm³/mol. The molecule has 2 aromatic rings. The molecule has 0 aliphatic carbocycles. The first-order valence-electron chi connectivity index (χ1n) is 9.17. The van der Waals surface area contributed by atoms with Crippen LogP contribution in [0.25, 0.3) is 11.1 Å². The smallest absolute Gasteiger partial charge is 0.253 e. The van der Waals surface area contributed by atoms with Crippen molar-refractivity contribution in [2.45, 2.75) is 26.3 Å². The molecule has 4 nitrogen and oxygen atoms in total. The van der Waals surface area contributed by atoms with Crippen LogP contribution < -0.4 is 4.74 Å². The average Bonchev–Trinajstić information content (AvgIpc) is 2.67. The second-order valence-corrected chi connectivity index (χ2v) is 7.76. The molecule has 26 heavy (non-hydrogen) atoms. The maximum atomic E-state index is 12.9. The first kappa shape index (κ1) is 18.5. The Morgan fingerprint density at radius 3 is 2.15 bits per heavy atom. The molecule has 0 unspecified atom stereocenters. The minimum absolute atomic E-state index is 0.119. The lowest BCUT2D eigenvalue weighted by atomic mass is 10.0. The highest BCUT2D eigenvalue weighted by Gasteiger charge is 2.28. The van der Waals surface area contributed by atoms with Gasteiger partial charge in [-0.3, -0.25) is 9.69 Å². The largest absolute Gasteiger partial charge is 0.497 e. The number of hydrogen-bond acceptors (Lipinski definition) is 3. The van der Waals surface area contributed by atoms with E-state index in [1.165, 1.54) is 0 Å². The van der Waals surface area contributed by atoms with Crippen molar-refractivity contribution >= 4 is 5.91 Å². The molecule has 1 heterocycles. The first-order chi connectivity index (χ1) is 12.4. The van der Waals surface area contributed by atoms with Gasteiger partial charge < -0.3 is 9.64 Å². The van der Waals surface area contributed by atoms with Crippen LogP contribution >= 0.6 is 0 Å². The SMILES string of the molecule is COc1ccc(-c2cccc(C(=O)N3CCN(C(C)(C)C)CC3)c2)cc1. The number of hydrogen-bond donors (Lipinski definition) is 0. The van der Waals surface area contributed by atoms with Crippen LogP contribution in [0.3, 0.4) is 0 Å². The van der Waals surface area contributed by atoms with Gasteiger partial charge in [0.05, 0.1) is 7.11 Å². The molecule has 1 saturated heterocycles. The number of carbonyl (C=O) groups excluding carboxylic acids is 1. The Labute approximate surface area is 156 Å². The Balaban J connectivity index is 1.72. The summed E-state index contributed by atoms with van der Waals surface area (Å²) in [5, 5.41) is 0. The molecule has 138 valence electrons. The number of benzene rings is 2. The van der Waals surface area contributed by atoms with Crippen LogP contribution in [0, 0.1) is 0 Å². The van der Waals surface area contributed by atoms with E-state index in [-0.39, 0.29) is 11.4 Å². The summed E-state index contributed by atoms with van der Waals surface area (Å²) in [5.74, 6) is 0.951. The summed E-state index contributed by atoms with van der Waals surface area (Å²) in [6.07, 6.45) is 0. The molecular weight excluding hydrogens is 324 g/mol. The van der Waals surface area contributed by atoms with Crippen LogP contribution in [0.2, 0.25) is 0 Å². The fourth-order valence-corrected chi connectivity index (χ4v) is 3.38. The molecule has 0 aromatic heterocycles. The van der Waals surface area contributed by atoms with Crippen molar-refractivity contribution in [1.82, 2.24) is 9.80 Å². The van der Waals surface area contributed by atoms with E-state index in [2.05, 4.69) is 25.7 Å². The highest BCUT2D eigenvalue weighted by molar-refractivity contribution is 5.95. The van der Waals surface area contributed by atoms with Gasteiger partial charge >= 0.3 is 0 Å². The molecule has 0 bridgehead atoms. The summed E-state index contributed by atoms with van der Waals surface area (Å²) in [5.41, 5.74) is 3.04. The number of amides is 1. The summed E-state index contributed by atoms with van der Waals surface area (Å²) < 4.78 is 5.21. The normalized spacial score (nSPS) is 15.8. The van der Waals surface area contributed by atoms with Crippen molar-refractivity contribution in [1.29, 1.82) is 0 Å². The molecule has 1 aliphatic heterocycles. The van der Waals surface area contributed by atoms with E-state index in [0.717, 1.165) is 48.6 Å². The van der Waals surface area contributed by atoms with E-state index < -0.39 is 0 Å². The van der Waals surface area contributed by atoms with Crippen molar-refractivity contribution in [3.63, 3.8) is 0 Å². The molecule has 1 fully saturated rings. The molecule has 0 spiro atoms. The van der Waals surface area contributed by atoms with E-state index in [1.807, 2.05) is 53.4 Å². The lowest BCUT2D eigenvalue weighted by molar-refractivity contribution is 0.0451. The van der Waals surface area contributed by atoms with Gasteiger partial charge in [-0.2, -0.15) is 0 Å². The van der Waals surface area contributed by atoms with Gasteiger partial charge in [0.25, 0.3) is 5.91 Å². The van der Waals surface area contributed by atoms with Gasteiger partial charge in [0.1, 0.15) is 5.75 Å². The number of rotatable bonds is 3. The maximum Gasteiger partial charge on any atom is 0.253 e. The van der Waals surface area contributed by atoms with Crippen LogP contribution in [0.15, 0.2) is 48.5 Å². The van der Waals surface area contributed by atoms with E-state index in [1.54, 1.807) is 7.11 Å². The van der Waals surface area contributed by atoms with Crippen LogP contribution in [0.4, 0.5) is 0 Å². The number of nitrogens with zero attached hydrogens (tertiary/aromatic N) is 2. The number of methoxy groups -OCH3 is 1. The summed E-state index contributed by atoms with van der Waals surface area (Å²) in [6, 6.07) is 15.8. The highest BCUT2D eigenvalue weighted by Crippen LogP contribution is 2.24. The van der Waals surface area contributed by atoms with E-state index in [4.69, 9.17) is 4.74 Å². The molecule has 1 aliphatic rings. The monoisotopic (exact) mass is 352 g/mol. The van der Waals surface area contributed by atoms with Gasteiger partial charge in [-0.1, -0.05) is 24.3 Å². The first-order valence-corrected chi connectivity index (χ1v) is 9.17. The zero-order valence-corrected chi connectivity index (χ0v) is 16.2. The Hall–Kier alpha value is -2.33. The Bertz CT molecular complexity index is 754. The number of carbonyl (C=O) groups is 1. The summed E-state index contributed by atoms with van der Waals surface area (Å²) >= 11 is 0. The van der Waals surface area contributed by atoms with Gasteiger partial charge in [-0.25, -0.2) is 0 Å². The fourth-order valence-electron chi connectivity index (χ4n) is 3.38. The van der Waals surface area contributed by atoms with Gasteiger partial charge in [0.2, 0.25) is 0 Å². The Morgan fingerprint density at radius 1 is 0.923 bits per heavy atom. The fraction of sp³-hybridized carbons (Fsp3) is 0.409. The average molecular weight is 352 g/mol. The van der Waals surface area contributed by atoms with Crippen LogP contribution in [-0.4, -0.2) is 54.5 Å². The van der Waals surface area contributed by atoms with Crippen LogP contribution in [0.5, 0.6) is 5.75 Å². The minimum Gasteiger partial charge on any atom is -0.497 e. The molecule has 0 saturated carbocycles. The second-order valence-electron chi connectivity index (χ2n) is 7.76. The highest BCUT2D eigenvalue weighted by atomic mass is 16.5. The van der Waals surface area contributed by atoms with Crippen molar-refractivity contribution in [3.8, 4) is 16.9 Å².